The summed E-state index contributed by atoms with van der Waals surface area (Å²) < 4.78 is 28.2. The summed E-state index contributed by atoms with van der Waals surface area (Å²) in [6.07, 6.45) is 4.71. The van der Waals surface area contributed by atoms with Gasteiger partial charge in [0.25, 0.3) is 0 Å². The zero-order chi connectivity index (χ0) is 21.8. The summed E-state index contributed by atoms with van der Waals surface area (Å²) in [5.41, 5.74) is 2.61. The number of hydrogen-bond donors (Lipinski definition) is 1. The second-order valence-electron chi connectivity index (χ2n) is 6.53. The van der Waals surface area contributed by atoms with Crippen LogP contribution in [0.4, 0.5) is 14.5 Å². The van der Waals surface area contributed by atoms with Crippen LogP contribution in [0.15, 0.2) is 66.2 Å². The highest BCUT2D eigenvalue weighted by atomic mass is 32.2. The number of thioether (sulfide) groups is 1. The molecule has 0 aliphatic heterocycles. The van der Waals surface area contributed by atoms with Crippen LogP contribution in [0.1, 0.15) is 5.56 Å². The molecule has 0 spiro atoms. The third-order valence-corrected chi connectivity index (χ3v) is 5.18. The first kappa shape index (κ1) is 20.6. The Bertz CT molecular complexity index is 1210. The van der Waals surface area contributed by atoms with Crippen LogP contribution in [0.25, 0.3) is 17.2 Å². The Hall–Kier alpha value is -3.66. The number of aromatic nitrogens is 5. The molecule has 0 aliphatic rings. The van der Waals surface area contributed by atoms with Gasteiger partial charge in [-0.1, -0.05) is 29.5 Å². The van der Waals surface area contributed by atoms with Crippen molar-refractivity contribution in [1.82, 2.24) is 24.7 Å². The van der Waals surface area contributed by atoms with E-state index >= 15 is 0 Å². The quantitative estimate of drug-likeness (QED) is 0.457. The molecule has 31 heavy (non-hydrogen) atoms. The monoisotopic (exact) mass is 438 g/mol. The van der Waals surface area contributed by atoms with E-state index in [0.29, 0.717) is 16.7 Å². The van der Waals surface area contributed by atoms with Crippen LogP contribution in [0.3, 0.4) is 0 Å². The molecule has 10 heteroatoms. The Morgan fingerprint density at radius 3 is 2.58 bits per heavy atom. The Morgan fingerprint density at radius 1 is 1.06 bits per heavy atom. The van der Waals surface area contributed by atoms with Gasteiger partial charge in [0.2, 0.25) is 5.91 Å². The first-order valence-electron chi connectivity index (χ1n) is 9.18. The maximum absolute atomic E-state index is 13.3. The number of nitrogens with zero attached hydrogens (tertiary/aromatic N) is 5. The van der Waals surface area contributed by atoms with Crippen LogP contribution < -0.4 is 5.32 Å². The SMILES string of the molecule is Cc1ccc(-n2c(SCC(=O)Nc3ccc(F)c(F)c3)nnc2-c2cnccn2)cc1. The fourth-order valence-electron chi connectivity index (χ4n) is 2.77. The molecule has 0 radical (unpaired) electrons. The molecule has 0 unspecified atom stereocenters. The van der Waals surface area contributed by atoms with Crippen molar-refractivity contribution in [3.05, 3.63) is 78.3 Å². The van der Waals surface area contributed by atoms with Crippen LogP contribution >= 0.6 is 11.8 Å². The lowest BCUT2D eigenvalue weighted by Crippen LogP contribution is -2.15. The number of aryl methyl sites for hydroxylation is 1. The van der Waals surface area contributed by atoms with Gasteiger partial charge in [-0.05, 0) is 31.2 Å². The predicted molar refractivity (Wildman–Crippen MR) is 113 cm³/mol. The fraction of sp³-hybridized carbons (Fsp3) is 0.0952. The highest BCUT2D eigenvalue weighted by Crippen LogP contribution is 2.27. The number of carbonyl (C=O) groups excluding carboxylic acids is 1. The van der Waals surface area contributed by atoms with Crippen molar-refractivity contribution in [2.75, 3.05) is 11.1 Å². The highest BCUT2D eigenvalue weighted by Gasteiger charge is 2.18. The van der Waals surface area contributed by atoms with Gasteiger partial charge in [-0.25, -0.2) is 13.8 Å². The largest absolute Gasteiger partial charge is 0.325 e. The molecule has 156 valence electrons. The number of carbonyl (C=O) groups is 1. The standard InChI is InChI=1S/C21H16F2N6OS/c1-13-2-5-15(6-3-13)29-20(18-11-24-8-9-25-18)27-28-21(29)31-12-19(30)26-14-4-7-16(22)17(23)10-14/h2-11H,12H2,1H3,(H,26,30). The number of benzene rings is 2. The Kier molecular flexibility index (Phi) is 5.99. The first-order chi connectivity index (χ1) is 15.0. The van der Waals surface area contributed by atoms with Crippen molar-refractivity contribution in [2.45, 2.75) is 12.1 Å². The first-order valence-corrected chi connectivity index (χ1v) is 10.2. The van der Waals surface area contributed by atoms with Crippen molar-refractivity contribution in [3.8, 4) is 17.2 Å². The lowest BCUT2D eigenvalue weighted by molar-refractivity contribution is -0.113. The van der Waals surface area contributed by atoms with Gasteiger partial charge in [0.1, 0.15) is 5.69 Å². The van der Waals surface area contributed by atoms with E-state index in [1.54, 1.807) is 23.2 Å². The van der Waals surface area contributed by atoms with Crippen LogP contribution in [-0.2, 0) is 4.79 Å². The van der Waals surface area contributed by atoms with E-state index in [1.165, 1.54) is 6.07 Å². The van der Waals surface area contributed by atoms with E-state index in [2.05, 4.69) is 25.5 Å². The smallest absolute Gasteiger partial charge is 0.234 e. The molecular weight excluding hydrogens is 422 g/mol. The molecule has 1 N–H and O–H groups in total. The average molecular weight is 438 g/mol. The van der Waals surface area contributed by atoms with Crippen molar-refractivity contribution in [2.24, 2.45) is 0 Å². The van der Waals surface area contributed by atoms with Crippen molar-refractivity contribution in [1.29, 1.82) is 0 Å². The molecule has 0 bridgehead atoms. The molecule has 2 aromatic heterocycles. The van der Waals surface area contributed by atoms with Gasteiger partial charge in [-0.15, -0.1) is 10.2 Å². The summed E-state index contributed by atoms with van der Waals surface area (Å²) in [6, 6.07) is 10.9. The van der Waals surface area contributed by atoms with Gasteiger partial charge in [-0.2, -0.15) is 0 Å². The van der Waals surface area contributed by atoms with E-state index in [0.717, 1.165) is 35.1 Å². The van der Waals surface area contributed by atoms with Crippen LogP contribution in [-0.4, -0.2) is 36.4 Å². The van der Waals surface area contributed by atoms with E-state index in [9.17, 15) is 13.6 Å². The minimum absolute atomic E-state index is 0.0105. The number of nitrogens with one attached hydrogen (secondary N) is 1. The van der Waals surface area contributed by atoms with Gasteiger partial charge in [0.05, 0.1) is 11.9 Å². The van der Waals surface area contributed by atoms with E-state index in [4.69, 9.17) is 0 Å². The third-order valence-electron chi connectivity index (χ3n) is 4.25. The zero-order valence-electron chi connectivity index (χ0n) is 16.3. The maximum Gasteiger partial charge on any atom is 0.234 e. The normalized spacial score (nSPS) is 10.8. The molecule has 0 aliphatic carbocycles. The Labute approximate surface area is 180 Å². The number of hydrogen-bond acceptors (Lipinski definition) is 6. The molecule has 2 aromatic carbocycles. The summed E-state index contributed by atoms with van der Waals surface area (Å²) in [7, 11) is 0. The molecule has 1 amide bonds. The van der Waals surface area contributed by atoms with Crippen molar-refractivity contribution < 1.29 is 13.6 Å². The lowest BCUT2D eigenvalue weighted by atomic mass is 10.2. The second-order valence-corrected chi connectivity index (χ2v) is 7.48. The molecule has 7 nitrogen and oxygen atoms in total. The zero-order valence-corrected chi connectivity index (χ0v) is 17.1. The lowest BCUT2D eigenvalue weighted by Gasteiger charge is -2.10. The molecule has 2 heterocycles. The van der Waals surface area contributed by atoms with E-state index in [-0.39, 0.29) is 11.4 Å². The Balaban J connectivity index is 1.57. The minimum atomic E-state index is -1.03. The molecular formula is C21H16F2N6OS. The number of rotatable bonds is 6. The second kappa shape index (κ2) is 9.00. The Morgan fingerprint density at radius 2 is 1.87 bits per heavy atom. The highest BCUT2D eigenvalue weighted by molar-refractivity contribution is 7.99. The number of amides is 1. The van der Waals surface area contributed by atoms with Gasteiger partial charge in [0, 0.05) is 29.8 Å². The van der Waals surface area contributed by atoms with E-state index < -0.39 is 17.5 Å². The minimum Gasteiger partial charge on any atom is -0.325 e. The fourth-order valence-corrected chi connectivity index (χ4v) is 3.52. The van der Waals surface area contributed by atoms with Gasteiger partial charge in [0.15, 0.2) is 22.6 Å². The summed E-state index contributed by atoms with van der Waals surface area (Å²) >= 11 is 1.16. The molecule has 0 fully saturated rings. The topological polar surface area (TPSA) is 85.6 Å². The molecule has 4 aromatic rings. The van der Waals surface area contributed by atoms with Gasteiger partial charge < -0.3 is 5.32 Å². The molecule has 4 rings (SSSR count). The van der Waals surface area contributed by atoms with Crippen LogP contribution in [0.2, 0.25) is 0 Å². The van der Waals surface area contributed by atoms with Gasteiger partial charge >= 0.3 is 0 Å². The maximum atomic E-state index is 13.3. The van der Waals surface area contributed by atoms with E-state index in [1.807, 2.05) is 31.2 Å². The summed E-state index contributed by atoms with van der Waals surface area (Å²) in [5, 5.41) is 11.5. The molecule has 0 atom stereocenters. The summed E-state index contributed by atoms with van der Waals surface area (Å²) in [4.78, 5) is 20.7. The number of anilines is 1. The summed E-state index contributed by atoms with van der Waals surface area (Å²) in [6.45, 7) is 1.98. The molecule has 0 saturated heterocycles. The molecule has 0 saturated carbocycles. The predicted octanol–water partition coefficient (Wildman–Crippen LogP) is 4.04. The summed E-state index contributed by atoms with van der Waals surface area (Å²) in [5.74, 6) is -1.92. The number of halogens is 2. The third kappa shape index (κ3) is 4.75. The average Bonchev–Trinajstić information content (AvgIpc) is 3.20. The van der Waals surface area contributed by atoms with Crippen molar-refractivity contribution in [3.63, 3.8) is 0 Å². The van der Waals surface area contributed by atoms with Crippen LogP contribution in [0.5, 0.6) is 0 Å². The van der Waals surface area contributed by atoms with Gasteiger partial charge in [-0.3, -0.25) is 14.3 Å². The van der Waals surface area contributed by atoms with Crippen molar-refractivity contribution >= 4 is 23.4 Å². The van der Waals surface area contributed by atoms with Crippen LogP contribution in [0, 0.1) is 18.6 Å².